The second-order valence-electron chi connectivity index (χ2n) is 6.87. The van der Waals surface area contributed by atoms with Crippen molar-refractivity contribution in [2.24, 2.45) is 0 Å². The molecule has 33 heavy (non-hydrogen) atoms. The molecule has 0 atom stereocenters. The number of esters is 1. The lowest BCUT2D eigenvalue weighted by atomic mass is 10.1. The predicted molar refractivity (Wildman–Crippen MR) is 123 cm³/mol. The highest BCUT2D eigenvalue weighted by molar-refractivity contribution is 6.39. The van der Waals surface area contributed by atoms with Crippen molar-refractivity contribution in [1.82, 2.24) is 5.32 Å². The number of nitrogens with zero attached hydrogens (tertiary/aromatic N) is 1. The van der Waals surface area contributed by atoms with E-state index >= 15 is 0 Å². The van der Waals surface area contributed by atoms with Crippen molar-refractivity contribution in [2.45, 2.75) is 0 Å². The van der Waals surface area contributed by atoms with Crippen LogP contribution in [0.4, 0.5) is 10.5 Å². The third kappa shape index (κ3) is 4.79. The number of carbonyl (C=O) groups excluding carboxylic acids is 4. The number of urea groups is 1. The summed E-state index contributed by atoms with van der Waals surface area (Å²) in [4.78, 5) is 51.2. The number of ether oxygens (including phenoxy) is 1. The molecule has 0 spiro atoms. The van der Waals surface area contributed by atoms with Crippen LogP contribution in [0, 0.1) is 0 Å². The number of rotatable bonds is 4. The molecule has 1 fully saturated rings. The number of amides is 4. The monoisotopic (exact) mass is 480 g/mol. The molecule has 1 saturated heterocycles. The highest BCUT2D eigenvalue weighted by Crippen LogP contribution is 2.27. The van der Waals surface area contributed by atoms with E-state index in [-0.39, 0.29) is 22.6 Å². The summed E-state index contributed by atoms with van der Waals surface area (Å²) in [5.41, 5.74) is 0.499. The van der Waals surface area contributed by atoms with Gasteiger partial charge in [0.2, 0.25) is 0 Å². The molecular formula is C24H14Cl2N2O5. The van der Waals surface area contributed by atoms with Gasteiger partial charge in [-0.2, -0.15) is 0 Å². The maximum absolute atomic E-state index is 13.0. The predicted octanol–water partition coefficient (Wildman–Crippen LogP) is 4.88. The van der Waals surface area contributed by atoms with Crippen molar-refractivity contribution in [3.05, 3.63) is 99.5 Å². The van der Waals surface area contributed by atoms with Gasteiger partial charge in [0.1, 0.15) is 11.3 Å². The summed E-state index contributed by atoms with van der Waals surface area (Å²) in [6, 6.07) is 17.6. The molecule has 4 amide bonds. The zero-order chi connectivity index (χ0) is 23.5. The Morgan fingerprint density at radius 1 is 0.848 bits per heavy atom. The Morgan fingerprint density at radius 3 is 2.12 bits per heavy atom. The maximum Gasteiger partial charge on any atom is 0.343 e. The molecule has 1 aliphatic heterocycles. The third-order valence-electron chi connectivity index (χ3n) is 4.69. The van der Waals surface area contributed by atoms with Gasteiger partial charge in [-0.3, -0.25) is 14.9 Å². The number of carbonyl (C=O) groups is 4. The molecule has 3 aromatic rings. The summed E-state index contributed by atoms with van der Waals surface area (Å²) in [5, 5.41) is 3.03. The van der Waals surface area contributed by atoms with Gasteiger partial charge in [0.15, 0.2) is 0 Å². The van der Waals surface area contributed by atoms with Crippen LogP contribution < -0.4 is 15.0 Å². The topological polar surface area (TPSA) is 92.8 Å². The van der Waals surface area contributed by atoms with Crippen LogP contribution in [-0.2, 0) is 9.59 Å². The number of nitrogens with one attached hydrogen (secondary N) is 1. The highest BCUT2D eigenvalue weighted by Gasteiger charge is 2.37. The van der Waals surface area contributed by atoms with E-state index in [1.54, 1.807) is 30.3 Å². The van der Waals surface area contributed by atoms with Crippen LogP contribution in [0.3, 0.4) is 0 Å². The number of hydrogen-bond acceptors (Lipinski definition) is 5. The molecule has 1 aliphatic rings. The lowest BCUT2D eigenvalue weighted by Crippen LogP contribution is -2.54. The Bertz CT molecular complexity index is 1300. The van der Waals surface area contributed by atoms with Crippen molar-refractivity contribution in [2.75, 3.05) is 4.90 Å². The minimum Gasteiger partial charge on any atom is -0.422 e. The molecule has 1 N–H and O–H groups in total. The first kappa shape index (κ1) is 22.3. The molecule has 0 aliphatic carbocycles. The van der Waals surface area contributed by atoms with E-state index in [4.69, 9.17) is 27.9 Å². The van der Waals surface area contributed by atoms with Gasteiger partial charge < -0.3 is 4.74 Å². The number of anilines is 1. The van der Waals surface area contributed by atoms with Gasteiger partial charge in [-0.05, 0) is 60.7 Å². The molecule has 3 aromatic carbocycles. The van der Waals surface area contributed by atoms with Gasteiger partial charge in [-0.1, -0.05) is 41.4 Å². The largest absolute Gasteiger partial charge is 0.422 e. The quantitative estimate of drug-likeness (QED) is 0.248. The average Bonchev–Trinajstić information content (AvgIpc) is 2.79. The lowest BCUT2D eigenvalue weighted by molar-refractivity contribution is -0.122. The van der Waals surface area contributed by atoms with Crippen LogP contribution in [-0.4, -0.2) is 23.8 Å². The van der Waals surface area contributed by atoms with Gasteiger partial charge in [-0.25, -0.2) is 14.5 Å². The summed E-state index contributed by atoms with van der Waals surface area (Å²) in [5.74, 6) is -2.21. The van der Waals surface area contributed by atoms with E-state index in [2.05, 4.69) is 5.32 Å². The van der Waals surface area contributed by atoms with Crippen LogP contribution in [0.25, 0.3) is 6.08 Å². The van der Waals surface area contributed by atoms with E-state index in [0.717, 1.165) is 4.90 Å². The Balaban J connectivity index is 1.66. The Hall–Kier alpha value is -3.94. The Labute approximate surface area is 198 Å². The summed E-state index contributed by atoms with van der Waals surface area (Å²) in [6.07, 6.45) is 1.26. The Morgan fingerprint density at radius 2 is 1.45 bits per heavy atom. The van der Waals surface area contributed by atoms with Gasteiger partial charge in [0, 0.05) is 15.6 Å². The number of imide groups is 2. The fourth-order valence-electron chi connectivity index (χ4n) is 3.08. The van der Waals surface area contributed by atoms with Gasteiger partial charge in [-0.15, -0.1) is 0 Å². The molecule has 0 saturated carbocycles. The van der Waals surface area contributed by atoms with Crippen LogP contribution in [0.5, 0.6) is 5.75 Å². The summed E-state index contributed by atoms with van der Waals surface area (Å²) >= 11 is 11.7. The average molecular weight is 481 g/mol. The molecule has 1 heterocycles. The van der Waals surface area contributed by atoms with E-state index < -0.39 is 23.8 Å². The first-order chi connectivity index (χ1) is 15.8. The number of halogens is 2. The van der Waals surface area contributed by atoms with Gasteiger partial charge in [0.05, 0.1) is 11.3 Å². The number of para-hydroxylation sites is 1. The van der Waals surface area contributed by atoms with Crippen molar-refractivity contribution in [1.29, 1.82) is 0 Å². The third-order valence-corrected chi connectivity index (χ3v) is 5.19. The molecule has 9 heteroatoms. The highest BCUT2D eigenvalue weighted by atomic mass is 35.5. The molecule has 7 nitrogen and oxygen atoms in total. The van der Waals surface area contributed by atoms with Crippen molar-refractivity contribution < 1.29 is 23.9 Å². The zero-order valence-corrected chi connectivity index (χ0v) is 18.3. The molecule has 0 unspecified atom stereocenters. The lowest BCUT2D eigenvalue weighted by Gasteiger charge is -2.26. The first-order valence-electron chi connectivity index (χ1n) is 9.57. The second-order valence-corrected chi connectivity index (χ2v) is 7.74. The maximum atomic E-state index is 13.0. The molecule has 4 rings (SSSR count). The van der Waals surface area contributed by atoms with E-state index in [0.29, 0.717) is 15.6 Å². The van der Waals surface area contributed by atoms with Crippen LogP contribution in [0.2, 0.25) is 10.0 Å². The zero-order valence-electron chi connectivity index (χ0n) is 16.7. The molecule has 0 aromatic heterocycles. The van der Waals surface area contributed by atoms with E-state index in [1.165, 1.54) is 48.5 Å². The fraction of sp³-hybridized carbons (Fsp3) is 0. The molecule has 164 valence electrons. The van der Waals surface area contributed by atoms with Crippen molar-refractivity contribution >= 4 is 58.8 Å². The minimum atomic E-state index is -0.882. The number of barbiturate groups is 1. The molecule has 0 radical (unpaired) electrons. The van der Waals surface area contributed by atoms with Crippen LogP contribution in [0.15, 0.2) is 78.4 Å². The minimum absolute atomic E-state index is 0.125. The van der Waals surface area contributed by atoms with Crippen LogP contribution in [0.1, 0.15) is 15.9 Å². The SMILES string of the molecule is O=C1NC(=O)N(c2ccc(Cl)cc2)C(=O)/C1=C\c1ccccc1OC(=O)c1ccc(Cl)cc1. The van der Waals surface area contributed by atoms with Crippen LogP contribution >= 0.6 is 23.2 Å². The second kappa shape index (κ2) is 9.28. The normalized spacial score (nSPS) is 14.9. The van der Waals surface area contributed by atoms with E-state index in [1.807, 2.05) is 0 Å². The molecule has 0 bridgehead atoms. The Kier molecular flexibility index (Phi) is 6.26. The molecular weight excluding hydrogens is 467 g/mol. The summed E-state index contributed by atoms with van der Waals surface area (Å²) in [6.45, 7) is 0. The van der Waals surface area contributed by atoms with Crippen molar-refractivity contribution in [3.63, 3.8) is 0 Å². The summed E-state index contributed by atoms with van der Waals surface area (Å²) < 4.78 is 5.46. The standard InChI is InChI=1S/C24H14Cl2N2O5/c25-16-7-5-14(6-8-16)23(31)33-20-4-2-1-3-15(20)13-19-21(29)27-24(32)28(22(19)30)18-11-9-17(26)10-12-18/h1-13H,(H,27,29,32)/b19-13-. The van der Waals surface area contributed by atoms with E-state index in [9.17, 15) is 19.2 Å². The van der Waals surface area contributed by atoms with Crippen molar-refractivity contribution in [3.8, 4) is 5.75 Å². The fourth-order valence-corrected chi connectivity index (χ4v) is 3.33. The number of hydrogen-bond donors (Lipinski definition) is 1. The summed E-state index contributed by atoms with van der Waals surface area (Å²) in [7, 11) is 0. The van der Waals surface area contributed by atoms with Gasteiger partial charge >= 0.3 is 12.0 Å². The first-order valence-corrected chi connectivity index (χ1v) is 10.3. The smallest absolute Gasteiger partial charge is 0.343 e. The van der Waals surface area contributed by atoms with Gasteiger partial charge in [0.25, 0.3) is 11.8 Å². The number of benzene rings is 3.